The lowest BCUT2D eigenvalue weighted by atomic mass is 10.4. The van der Waals surface area contributed by atoms with Crippen LogP contribution in [0, 0.1) is 5.41 Å². The topological polar surface area (TPSA) is 82.4 Å². The van der Waals surface area contributed by atoms with E-state index in [1.54, 1.807) is 0 Å². The zero-order valence-electron chi connectivity index (χ0n) is 6.70. The first-order valence-corrected chi connectivity index (χ1v) is 5.46. The summed E-state index contributed by atoms with van der Waals surface area (Å²) in [6, 6.07) is 0.0899. The summed E-state index contributed by atoms with van der Waals surface area (Å²) in [5, 5.41) is 9.62. The highest BCUT2D eigenvalue weighted by Gasteiger charge is 2.10. The van der Waals surface area contributed by atoms with Gasteiger partial charge in [0.2, 0.25) is 0 Å². The van der Waals surface area contributed by atoms with Crippen LogP contribution in [0.25, 0.3) is 0 Å². The maximum atomic E-state index is 10.4. The molecule has 0 radical (unpaired) electrons. The highest BCUT2D eigenvalue weighted by molar-refractivity contribution is 8.26. The Morgan fingerprint density at radius 3 is 2.50 bits per heavy atom. The molecule has 0 unspecified atom stereocenters. The Balaban J connectivity index is 4.12. The summed E-state index contributed by atoms with van der Waals surface area (Å²) in [6.45, 7) is 3.66. The molecule has 0 aromatic rings. The van der Waals surface area contributed by atoms with E-state index in [1.807, 2.05) is 13.8 Å². The van der Waals surface area contributed by atoms with E-state index in [4.69, 9.17) is 16.1 Å². The van der Waals surface area contributed by atoms with E-state index in [2.05, 4.69) is 10.5 Å². The lowest BCUT2D eigenvalue weighted by molar-refractivity contribution is 0.618. The summed E-state index contributed by atoms with van der Waals surface area (Å²) < 4.78 is 20.9. The molecule has 0 spiro atoms. The van der Waals surface area contributed by atoms with E-state index in [9.17, 15) is 8.42 Å². The predicted octanol–water partition coefficient (Wildman–Crippen LogP) is 0.516. The number of halogens is 1. The third-order valence-corrected chi connectivity index (χ3v) is 1.91. The van der Waals surface area contributed by atoms with Gasteiger partial charge in [-0.3, -0.25) is 5.41 Å². The number of nitrogens with zero attached hydrogens (tertiary/aromatic N) is 1. The second-order valence-electron chi connectivity index (χ2n) is 2.34. The van der Waals surface area contributed by atoms with Gasteiger partial charge < -0.3 is 5.43 Å². The highest BCUT2D eigenvalue weighted by Crippen LogP contribution is 1.95. The van der Waals surface area contributed by atoms with Crippen molar-refractivity contribution in [1.82, 2.24) is 5.43 Å². The van der Waals surface area contributed by atoms with Gasteiger partial charge in [0.05, 0.1) is 6.21 Å². The molecule has 0 aromatic carbocycles. The Bertz CT molecular complexity index is 283. The van der Waals surface area contributed by atoms with Gasteiger partial charge >= 0.3 is 0 Å². The van der Waals surface area contributed by atoms with Crippen molar-refractivity contribution < 1.29 is 8.42 Å². The van der Waals surface area contributed by atoms with Crippen LogP contribution in [-0.2, 0) is 9.05 Å². The molecule has 0 aromatic heterocycles. The van der Waals surface area contributed by atoms with Crippen molar-refractivity contribution in [2.45, 2.75) is 19.9 Å². The van der Waals surface area contributed by atoms with Crippen LogP contribution in [0.5, 0.6) is 0 Å². The average molecular weight is 212 g/mol. The SMILES string of the molecule is CC(C)N/N=C\C(=N)S(=O)(=O)Cl. The Hall–Kier alpha value is -0.620. The van der Waals surface area contributed by atoms with Crippen LogP contribution >= 0.6 is 10.7 Å². The standard InChI is InChI=1S/C5H10ClN3O2S/c1-4(2)9-8-3-5(7)12(6,10)11/h3-4,7,9H,1-2H3/b7-5?,8-3-. The van der Waals surface area contributed by atoms with Gasteiger partial charge in [0.25, 0.3) is 9.05 Å². The highest BCUT2D eigenvalue weighted by atomic mass is 35.7. The molecule has 0 heterocycles. The molecule has 0 bridgehead atoms. The van der Waals surface area contributed by atoms with Crippen LogP contribution in [0.3, 0.4) is 0 Å². The van der Waals surface area contributed by atoms with Gasteiger partial charge in [0.1, 0.15) is 0 Å². The molecule has 70 valence electrons. The van der Waals surface area contributed by atoms with E-state index in [0.29, 0.717) is 0 Å². The Kier molecular flexibility index (Phi) is 4.19. The second-order valence-corrected chi connectivity index (χ2v) is 4.88. The van der Waals surface area contributed by atoms with Crippen molar-refractivity contribution >= 4 is 31.0 Å². The summed E-state index contributed by atoms with van der Waals surface area (Å²) in [7, 11) is 0.893. The van der Waals surface area contributed by atoms with E-state index in [0.717, 1.165) is 6.21 Å². The Morgan fingerprint density at radius 1 is 1.67 bits per heavy atom. The number of hydrogen-bond acceptors (Lipinski definition) is 5. The second kappa shape index (κ2) is 4.42. The van der Waals surface area contributed by atoms with Crippen LogP contribution in [0.4, 0.5) is 0 Å². The lowest BCUT2D eigenvalue weighted by Crippen LogP contribution is -2.18. The summed E-state index contributed by atoms with van der Waals surface area (Å²) in [5.74, 6) is 0. The van der Waals surface area contributed by atoms with Crippen molar-refractivity contribution in [2.75, 3.05) is 0 Å². The summed E-state index contributed by atoms with van der Waals surface area (Å²) >= 11 is 0. The van der Waals surface area contributed by atoms with Crippen molar-refractivity contribution in [3.8, 4) is 0 Å². The third-order valence-electron chi connectivity index (χ3n) is 0.777. The molecule has 0 saturated heterocycles. The molecule has 7 heteroatoms. The van der Waals surface area contributed by atoms with Crippen LogP contribution in [-0.4, -0.2) is 25.7 Å². The van der Waals surface area contributed by atoms with Crippen molar-refractivity contribution in [3.05, 3.63) is 0 Å². The van der Waals surface area contributed by atoms with E-state index >= 15 is 0 Å². The Morgan fingerprint density at radius 2 is 2.17 bits per heavy atom. The summed E-state index contributed by atoms with van der Waals surface area (Å²) in [4.78, 5) is 0. The molecular formula is C5H10ClN3O2S. The first kappa shape index (κ1) is 11.4. The molecule has 0 amide bonds. The smallest absolute Gasteiger partial charge is 0.279 e. The maximum Gasteiger partial charge on any atom is 0.279 e. The zero-order chi connectivity index (χ0) is 9.78. The zero-order valence-corrected chi connectivity index (χ0v) is 8.28. The minimum absolute atomic E-state index is 0.0899. The molecule has 0 aliphatic heterocycles. The first-order chi connectivity index (χ1) is 5.34. The van der Waals surface area contributed by atoms with Gasteiger partial charge in [0, 0.05) is 16.7 Å². The molecule has 2 N–H and O–H groups in total. The molecule has 0 aliphatic carbocycles. The van der Waals surface area contributed by atoms with Crippen LogP contribution in [0.2, 0.25) is 0 Å². The van der Waals surface area contributed by atoms with Gasteiger partial charge in [-0.1, -0.05) is 0 Å². The van der Waals surface area contributed by atoms with Gasteiger partial charge in [0.15, 0.2) is 5.04 Å². The monoisotopic (exact) mass is 211 g/mol. The molecule has 0 saturated carbocycles. The Labute approximate surface area is 75.7 Å². The van der Waals surface area contributed by atoms with Gasteiger partial charge in [-0.25, -0.2) is 8.42 Å². The van der Waals surface area contributed by atoms with Gasteiger partial charge in [-0.2, -0.15) is 5.10 Å². The van der Waals surface area contributed by atoms with Crippen molar-refractivity contribution in [1.29, 1.82) is 5.41 Å². The van der Waals surface area contributed by atoms with Gasteiger partial charge in [-0.05, 0) is 13.8 Å². The van der Waals surface area contributed by atoms with Gasteiger partial charge in [-0.15, -0.1) is 0 Å². The van der Waals surface area contributed by atoms with Crippen molar-refractivity contribution in [2.24, 2.45) is 5.10 Å². The number of nitrogens with one attached hydrogen (secondary N) is 2. The fourth-order valence-corrected chi connectivity index (χ4v) is 0.606. The fraction of sp³-hybridized carbons (Fsp3) is 0.600. The van der Waals surface area contributed by atoms with Crippen molar-refractivity contribution in [3.63, 3.8) is 0 Å². The fourth-order valence-electron chi connectivity index (χ4n) is 0.308. The minimum atomic E-state index is -3.93. The van der Waals surface area contributed by atoms with Crippen LogP contribution in [0.15, 0.2) is 5.10 Å². The number of hydrazone groups is 1. The quantitative estimate of drug-likeness (QED) is 0.309. The van der Waals surface area contributed by atoms with E-state index in [1.165, 1.54) is 0 Å². The molecular weight excluding hydrogens is 202 g/mol. The van der Waals surface area contributed by atoms with Crippen LogP contribution in [0.1, 0.15) is 13.8 Å². The summed E-state index contributed by atoms with van der Waals surface area (Å²) in [5.41, 5.74) is 2.55. The molecule has 12 heavy (non-hydrogen) atoms. The summed E-state index contributed by atoms with van der Waals surface area (Å²) in [6.07, 6.45) is 0.850. The lowest BCUT2D eigenvalue weighted by Gasteiger charge is -2.00. The maximum absolute atomic E-state index is 10.4. The molecule has 0 atom stereocenters. The third kappa shape index (κ3) is 5.09. The number of hydrogen-bond donors (Lipinski definition) is 2. The first-order valence-electron chi connectivity index (χ1n) is 3.16. The predicted molar refractivity (Wildman–Crippen MR) is 49.3 cm³/mol. The minimum Gasteiger partial charge on any atom is -0.308 e. The van der Waals surface area contributed by atoms with Crippen LogP contribution < -0.4 is 5.43 Å². The number of rotatable bonds is 3. The van der Waals surface area contributed by atoms with E-state index in [-0.39, 0.29) is 6.04 Å². The molecule has 5 nitrogen and oxygen atoms in total. The molecule has 0 rings (SSSR count). The molecule has 0 fully saturated rings. The average Bonchev–Trinajstić information content (AvgIpc) is 1.84. The van der Waals surface area contributed by atoms with E-state index < -0.39 is 14.1 Å². The largest absolute Gasteiger partial charge is 0.308 e. The molecule has 0 aliphatic rings. The normalized spacial score (nSPS) is 12.3.